The molecule has 0 heterocycles. The first-order chi connectivity index (χ1) is 8.42. The fourth-order valence-corrected chi connectivity index (χ4v) is 4.62. The number of rotatable bonds is 3. The highest BCUT2D eigenvalue weighted by Crippen LogP contribution is 2.42. The monoisotopic (exact) mass is 235 g/mol. The molecule has 0 saturated heterocycles. The maximum Gasteiger partial charge on any atom is 0.00671 e. The van der Waals surface area contributed by atoms with Crippen LogP contribution >= 0.6 is 0 Å². The van der Waals surface area contributed by atoms with Crippen LogP contribution in [-0.4, -0.2) is 12.6 Å². The molecule has 0 aromatic rings. The van der Waals surface area contributed by atoms with Gasteiger partial charge in [-0.2, -0.15) is 0 Å². The lowest BCUT2D eigenvalue weighted by Gasteiger charge is -2.39. The molecule has 98 valence electrons. The molecular weight excluding hydrogens is 206 g/mol. The fourth-order valence-electron chi connectivity index (χ4n) is 4.62. The number of fused-ring (bicyclic) bond motifs is 1. The van der Waals surface area contributed by atoms with Gasteiger partial charge in [0.15, 0.2) is 0 Å². The van der Waals surface area contributed by atoms with Crippen LogP contribution in [0.25, 0.3) is 0 Å². The van der Waals surface area contributed by atoms with Gasteiger partial charge in [0.05, 0.1) is 0 Å². The van der Waals surface area contributed by atoms with E-state index in [9.17, 15) is 0 Å². The van der Waals surface area contributed by atoms with Gasteiger partial charge in [0.1, 0.15) is 0 Å². The lowest BCUT2D eigenvalue weighted by atomic mass is 9.67. The van der Waals surface area contributed by atoms with Crippen molar-refractivity contribution in [1.82, 2.24) is 5.32 Å². The molecule has 0 bridgehead atoms. The molecule has 0 aromatic carbocycles. The van der Waals surface area contributed by atoms with Gasteiger partial charge in [-0.15, -0.1) is 0 Å². The molecule has 1 N–H and O–H groups in total. The van der Waals surface area contributed by atoms with E-state index in [-0.39, 0.29) is 0 Å². The molecule has 3 aliphatic rings. The zero-order valence-corrected chi connectivity index (χ0v) is 11.3. The van der Waals surface area contributed by atoms with Crippen LogP contribution < -0.4 is 5.32 Å². The Bertz CT molecular complexity index is 232. The number of nitrogens with one attached hydrogen (secondary N) is 1. The molecule has 17 heavy (non-hydrogen) atoms. The number of hydrogen-bond donors (Lipinski definition) is 1. The van der Waals surface area contributed by atoms with Crippen molar-refractivity contribution < 1.29 is 0 Å². The van der Waals surface area contributed by atoms with E-state index in [1.165, 1.54) is 51.5 Å². The number of hydrogen-bond acceptors (Lipinski definition) is 1. The predicted molar refractivity (Wildman–Crippen MR) is 73.0 cm³/mol. The fraction of sp³-hybridized carbons (Fsp3) is 1.00. The molecule has 3 rings (SSSR count). The van der Waals surface area contributed by atoms with Gasteiger partial charge < -0.3 is 5.32 Å². The second-order valence-electron chi connectivity index (χ2n) is 6.87. The second-order valence-corrected chi connectivity index (χ2v) is 6.87. The maximum absolute atomic E-state index is 3.85. The van der Waals surface area contributed by atoms with Gasteiger partial charge in [0.25, 0.3) is 0 Å². The summed E-state index contributed by atoms with van der Waals surface area (Å²) >= 11 is 0. The maximum atomic E-state index is 3.85. The highest BCUT2D eigenvalue weighted by Gasteiger charge is 2.32. The molecule has 1 heteroatoms. The summed E-state index contributed by atoms with van der Waals surface area (Å²) in [5.74, 6) is 3.23. The molecular formula is C16H29N. The van der Waals surface area contributed by atoms with Crippen LogP contribution in [0.15, 0.2) is 0 Å². The van der Waals surface area contributed by atoms with Gasteiger partial charge in [-0.3, -0.25) is 0 Å². The molecule has 3 fully saturated rings. The smallest absolute Gasteiger partial charge is 0.00671 e. The molecule has 3 unspecified atom stereocenters. The van der Waals surface area contributed by atoms with E-state index in [4.69, 9.17) is 0 Å². The minimum atomic E-state index is 0.874. The van der Waals surface area contributed by atoms with Crippen molar-refractivity contribution >= 4 is 0 Å². The molecule has 0 aliphatic heterocycles. The van der Waals surface area contributed by atoms with Crippen molar-refractivity contribution in [3.63, 3.8) is 0 Å². The minimum Gasteiger partial charge on any atom is -0.314 e. The molecule has 0 spiro atoms. The van der Waals surface area contributed by atoms with E-state index < -0.39 is 0 Å². The second kappa shape index (κ2) is 5.73. The van der Waals surface area contributed by atoms with Crippen LogP contribution in [-0.2, 0) is 0 Å². The topological polar surface area (TPSA) is 12.0 Å². The lowest BCUT2D eigenvalue weighted by molar-refractivity contribution is 0.127. The molecule has 0 aromatic heterocycles. The summed E-state index contributed by atoms with van der Waals surface area (Å²) in [6.07, 6.45) is 16.6. The van der Waals surface area contributed by atoms with Gasteiger partial charge in [0, 0.05) is 6.04 Å². The summed E-state index contributed by atoms with van der Waals surface area (Å²) in [7, 11) is 0. The first-order valence-corrected chi connectivity index (χ1v) is 8.15. The van der Waals surface area contributed by atoms with Crippen molar-refractivity contribution in [1.29, 1.82) is 0 Å². The normalized spacial score (nSPS) is 39.2. The average Bonchev–Trinajstić information content (AvgIpc) is 2.89. The van der Waals surface area contributed by atoms with Gasteiger partial charge in [-0.1, -0.05) is 38.5 Å². The third-order valence-corrected chi connectivity index (χ3v) is 5.70. The quantitative estimate of drug-likeness (QED) is 0.775. The SMILES string of the molecule is C1CCC(NCC2CCC3CCCCC3C2)C1. The van der Waals surface area contributed by atoms with Crippen molar-refractivity contribution in [2.45, 2.75) is 76.7 Å². The Balaban J connectivity index is 1.42. The van der Waals surface area contributed by atoms with Crippen molar-refractivity contribution in [3.05, 3.63) is 0 Å². The Morgan fingerprint density at radius 3 is 2.24 bits per heavy atom. The summed E-state index contributed by atoms with van der Waals surface area (Å²) in [4.78, 5) is 0. The summed E-state index contributed by atoms with van der Waals surface area (Å²) in [5, 5.41) is 3.85. The van der Waals surface area contributed by atoms with Gasteiger partial charge in [0.2, 0.25) is 0 Å². The summed E-state index contributed by atoms with van der Waals surface area (Å²) in [5.41, 5.74) is 0. The molecule has 3 atom stereocenters. The van der Waals surface area contributed by atoms with Crippen LogP contribution in [0.1, 0.15) is 70.6 Å². The van der Waals surface area contributed by atoms with E-state index >= 15 is 0 Å². The summed E-state index contributed by atoms with van der Waals surface area (Å²) < 4.78 is 0. The Kier molecular flexibility index (Phi) is 4.05. The summed E-state index contributed by atoms with van der Waals surface area (Å²) in [6.45, 7) is 1.33. The molecule has 0 radical (unpaired) electrons. The van der Waals surface area contributed by atoms with Crippen LogP contribution in [0.5, 0.6) is 0 Å². The van der Waals surface area contributed by atoms with Gasteiger partial charge in [-0.05, 0) is 56.4 Å². The van der Waals surface area contributed by atoms with Gasteiger partial charge >= 0.3 is 0 Å². The van der Waals surface area contributed by atoms with E-state index in [1.54, 1.807) is 25.7 Å². The highest BCUT2D eigenvalue weighted by atomic mass is 14.9. The molecule has 0 amide bonds. The van der Waals surface area contributed by atoms with E-state index in [2.05, 4.69) is 5.32 Å². The first kappa shape index (κ1) is 12.0. The van der Waals surface area contributed by atoms with E-state index in [0.29, 0.717) is 0 Å². The minimum absolute atomic E-state index is 0.874. The van der Waals surface area contributed by atoms with E-state index in [1.807, 2.05) is 0 Å². The third kappa shape index (κ3) is 3.05. The van der Waals surface area contributed by atoms with Crippen molar-refractivity contribution in [3.8, 4) is 0 Å². The van der Waals surface area contributed by atoms with Crippen molar-refractivity contribution in [2.24, 2.45) is 17.8 Å². The van der Waals surface area contributed by atoms with Crippen LogP contribution in [0, 0.1) is 17.8 Å². The Morgan fingerprint density at radius 2 is 1.41 bits per heavy atom. The molecule has 3 aliphatic carbocycles. The van der Waals surface area contributed by atoms with Crippen LogP contribution in [0.3, 0.4) is 0 Å². The lowest BCUT2D eigenvalue weighted by Crippen LogP contribution is -2.36. The molecule has 3 saturated carbocycles. The van der Waals surface area contributed by atoms with Gasteiger partial charge in [-0.25, -0.2) is 0 Å². The largest absolute Gasteiger partial charge is 0.314 e. The first-order valence-electron chi connectivity index (χ1n) is 8.15. The predicted octanol–water partition coefficient (Wildman–Crippen LogP) is 4.13. The van der Waals surface area contributed by atoms with Crippen molar-refractivity contribution in [2.75, 3.05) is 6.54 Å². The Morgan fingerprint density at radius 1 is 0.706 bits per heavy atom. The summed E-state index contributed by atoms with van der Waals surface area (Å²) in [6, 6.07) is 0.874. The Labute approximate surface area is 107 Å². The third-order valence-electron chi connectivity index (χ3n) is 5.70. The highest BCUT2D eigenvalue weighted by molar-refractivity contribution is 4.85. The van der Waals surface area contributed by atoms with Crippen LogP contribution in [0.2, 0.25) is 0 Å². The standard InChI is InChI=1S/C16H29N/c1-2-6-15-11-13(9-10-14(15)5-1)12-17-16-7-3-4-8-16/h13-17H,1-12H2. The molecule has 1 nitrogen and oxygen atoms in total. The van der Waals surface area contributed by atoms with E-state index in [0.717, 1.165) is 23.8 Å². The Hall–Kier alpha value is -0.0400. The average molecular weight is 235 g/mol. The zero-order chi connectivity index (χ0) is 11.5. The zero-order valence-electron chi connectivity index (χ0n) is 11.3. The van der Waals surface area contributed by atoms with Crippen LogP contribution in [0.4, 0.5) is 0 Å².